The van der Waals surface area contributed by atoms with Gasteiger partial charge in [0.05, 0.1) is 5.60 Å². The van der Waals surface area contributed by atoms with Crippen LogP contribution in [0.2, 0.25) is 0 Å². The van der Waals surface area contributed by atoms with Crippen LogP contribution < -0.4 is 4.74 Å². The number of hydrogen-bond donors (Lipinski definition) is 2. The highest BCUT2D eigenvalue weighted by Gasteiger charge is 2.28. The number of likely N-dealkylation sites (tertiary alicyclic amines) is 1. The van der Waals surface area contributed by atoms with E-state index in [-0.39, 0.29) is 11.7 Å². The number of hydrogen-bond acceptors (Lipinski definition) is 4. The third-order valence-corrected chi connectivity index (χ3v) is 8.23. The first-order valence-electron chi connectivity index (χ1n) is 13.6. The van der Waals surface area contributed by atoms with Gasteiger partial charge in [-0.1, -0.05) is 44.5 Å². The zero-order valence-electron chi connectivity index (χ0n) is 22.6. The Morgan fingerprint density at radius 1 is 0.919 bits per heavy atom. The summed E-state index contributed by atoms with van der Waals surface area (Å²) in [5.74, 6) is 1.23. The Bertz CT molecular complexity index is 1400. The molecule has 1 atom stereocenters. The number of phenolic OH excluding ortho intramolecular Hbond substituents is 1. The molecule has 5 rings (SSSR count). The van der Waals surface area contributed by atoms with Gasteiger partial charge in [0.1, 0.15) is 18.1 Å². The first-order chi connectivity index (χ1) is 17.7. The summed E-state index contributed by atoms with van der Waals surface area (Å²) in [6.07, 6.45) is 3.93. The molecule has 0 amide bonds. The van der Waals surface area contributed by atoms with E-state index in [0.717, 1.165) is 56.1 Å². The van der Waals surface area contributed by atoms with Crippen LogP contribution in [-0.2, 0) is 5.60 Å². The van der Waals surface area contributed by atoms with Crippen LogP contribution in [-0.4, -0.2) is 41.4 Å². The topological polar surface area (TPSA) is 52.9 Å². The zero-order valence-corrected chi connectivity index (χ0v) is 22.6. The molecule has 1 heterocycles. The second-order valence-corrected chi connectivity index (χ2v) is 11.1. The molecule has 0 radical (unpaired) electrons. The minimum Gasteiger partial charge on any atom is -0.508 e. The Hall–Kier alpha value is -3.08. The first-order valence-corrected chi connectivity index (χ1v) is 13.6. The smallest absolute Gasteiger partial charge is 0.119 e. The van der Waals surface area contributed by atoms with Crippen LogP contribution in [0.25, 0.3) is 32.7 Å². The SMILES string of the molecule is Cc1cc(O)cc2cc(-c3ccc(OCCN4CCCCC4)cc3)c3cc(C(C)(O)C(C)C)ccc3c12. The fourth-order valence-electron chi connectivity index (χ4n) is 5.59. The molecule has 0 aliphatic carbocycles. The average Bonchev–Trinajstić information content (AvgIpc) is 2.88. The van der Waals surface area contributed by atoms with Crippen LogP contribution in [0.15, 0.2) is 60.7 Å². The number of ether oxygens (including phenoxy) is 1. The van der Waals surface area contributed by atoms with Crippen molar-refractivity contribution in [1.82, 2.24) is 4.90 Å². The number of aromatic hydroxyl groups is 1. The predicted octanol–water partition coefficient (Wildman–Crippen LogP) is 7.40. The fraction of sp³-hybridized carbons (Fsp3) is 0.394. The van der Waals surface area contributed by atoms with Gasteiger partial charge in [0.25, 0.3) is 0 Å². The molecule has 1 unspecified atom stereocenters. The van der Waals surface area contributed by atoms with E-state index >= 15 is 0 Å². The summed E-state index contributed by atoms with van der Waals surface area (Å²) < 4.78 is 6.07. The first kappa shape index (κ1) is 25.6. The summed E-state index contributed by atoms with van der Waals surface area (Å²) >= 11 is 0. The second kappa shape index (κ2) is 10.4. The minimum atomic E-state index is -0.934. The molecule has 0 saturated carbocycles. The van der Waals surface area contributed by atoms with Crippen molar-refractivity contribution in [1.29, 1.82) is 0 Å². The summed E-state index contributed by atoms with van der Waals surface area (Å²) in [5.41, 5.74) is 3.17. The summed E-state index contributed by atoms with van der Waals surface area (Å²) in [5, 5.41) is 25.9. The maximum atomic E-state index is 11.2. The van der Waals surface area contributed by atoms with Crippen LogP contribution in [0.1, 0.15) is 51.2 Å². The number of nitrogens with zero attached hydrogens (tertiary/aromatic N) is 1. The molecule has 1 aliphatic rings. The molecule has 194 valence electrons. The lowest BCUT2D eigenvalue weighted by molar-refractivity contribution is 0.00918. The van der Waals surface area contributed by atoms with Gasteiger partial charge in [0.15, 0.2) is 0 Å². The van der Waals surface area contributed by atoms with Crippen molar-refractivity contribution in [2.24, 2.45) is 5.92 Å². The van der Waals surface area contributed by atoms with Crippen LogP contribution in [0.4, 0.5) is 0 Å². The molecule has 0 bridgehead atoms. The molecule has 4 heteroatoms. The fourth-order valence-corrected chi connectivity index (χ4v) is 5.59. The number of benzene rings is 4. The lowest BCUT2D eigenvalue weighted by atomic mass is 9.82. The molecule has 0 aromatic heterocycles. The molecular formula is C33H39NO3. The minimum absolute atomic E-state index is 0.0777. The zero-order chi connectivity index (χ0) is 26.2. The lowest BCUT2D eigenvalue weighted by Crippen LogP contribution is -2.33. The highest BCUT2D eigenvalue weighted by molar-refractivity contribution is 6.15. The highest BCUT2D eigenvalue weighted by atomic mass is 16.5. The van der Waals surface area contributed by atoms with Crippen LogP contribution in [0, 0.1) is 12.8 Å². The maximum Gasteiger partial charge on any atom is 0.119 e. The van der Waals surface area contributed by atoms with Crippen LogP contribution >= 0.6 is 0 Å². The number of aliphatic hydroxyl groups is 1. The van der Waals surface area contributed by atoms with Gasteiger partial charge in [-0.2, -0.15) is 0 Å². The number of rotatable bonds is 7. The van der Waals surface area contributed by atoms with E-state index in [0.29, 0.717) is 6.61 Å². The number of phenols is 1. The van der Waals surface area contributed by atoms with Crippen LogP contribution in [0.3, 0.4) is 0 Å². The summed E-state index contributed by atoms with van der Waals surface area (Å²) in [6, 6.07) is 20.4. The van der Waals surface area contributed by atoms with E-state index in [9.17, 15) is 10.2 Å². The van der Waals surface area contributed by atoms with Gasteiger partial charge in [-0.15, -0.1) is 0 Å². The van der Waals surface area contributed by atoms with Gasteiger partial charge < -0.3 is 14.9 Å². The average molecular weight is 498 g/mol. The highest BCUT2D eigenvalue weighted by Crippen LogP contribution is 2.41. The maximum absolute atomic E-state index is 11.2. The number of fused-ring (bicyclic) bond motifs is 3. The van der Waals surface area contributed by atoms with Crippen molar-refractivity contribution >= 4 is 21.5 Å². The monoisotopic (exact) mass is 497 g/mol. The molecule has 37 heavy (non-hydrogen) atoms. The van der Waals surface area contributed by atoms with E-state index in [1.807, 2.05) is 58.0 Å². The normalized spacial score (nSPS) is 16.4. The molecule has 4 aromatic carbocycles. The summed E-state index contributed by atoms with van der Waals surface area (Å²) in [7, 11) is 0. The summed E-state index contributed by atoms with van der Waals surface area (Å²) in [6.45, 7) is 12.0. The van der Waals surface area contributed by atoms with Crippen molar-refractivity contribution < 1.29 is 14.9 Å². The Kier molecular flexibility index (Phi) is 7.15. The Balaban J connectivity index is 1.53. The largest absolute Gasteiger partial charge is 0.508 e. The molecule has 4 aromatic rings. The quantitative estimate of drug-likeness (QED) is 0.261. The van der Waals surface area contributed by atoms with Crippen molar-refractivity contribution in [3.05, 3.63) is 71.8 Å². The molecule has 2 N–H and O–H groups in total. The molecule has 0 spiro atoms. The predicted molar refractivity (Wildman–Crippen MR) is 153 cm³/mol. The van der Waals surface area contributed by atoms with Crippen LogP contribution in [0.5, 0.6) is 11.5 Å². The molecule has 1 fully saturated rings. The standard InChI is InChI=1S/C33H39NO3/c1-22(2)33(4,36)26-10-13-29-31(21-26)30(20-25-19-27(35)18-23(3)32(25)29)24-8-11-28(12-9-24)37-17-16-34-14-6-5-7-15-34/h8-13,18-22,35-36H,5-7,14-17H2,1-4H3. The Morgan fingerprint density at radius 3 is 2.35 bits per heavy atom. The molecule has 1 aliphatic heterocycles. The number of piperidine rings is 1. The molecular weight excluding hydrogens is 458 g/mol. The van der Waals surface area contributed by atoms with Gasteiger partial charge in [-0.3, -0.25) is 4.90 Å². The van der Waals surface area contributed by atoms with Gasteiger partial charge in [-0.05, 0) is 126 Å². The third-order valence-electron chi connectivity index (χ3n) is 8.23. The van der Waals surface area contributed by atoms with Gasteiger partial charge >= 0.3 is 0 Å². The Labute approximate surface area is 220 Å². The van der Waals surface area contributed by atoms with E-state index in [1.54, 1.807) is 0 Å². The van der Waals surface area contributed by atoms with E-state index < -0.39 is 5.60 Å². The van der Waals surface area contributed by atoms with E-state index in [4.69, 9.17) is 4.74 Å². The molecule has 4 nitrogen and oxygen atoms in total. The van der Waals surface area contributed by atoms with E-state index in [1.165, 1.54) is 32.4 Å². The second-order valence-electron chi connectivity index (χ2n) is 11.1. The molecule has 1 saturated heterocycles. The van der Waals surface area contributed by atoms with Crippen molar-refractivity contribution in [3.8, 4) is 22.6 Å². The van der Waals surface area contributed by atoms with Crippen molar-refractivity contribution in [3.63, 3.8) is 0 Å². The van der Waals surface area contributed by atoms with Gasteiger partial charge in [0, 0.05) is 6.54 Å². The van der Waals surface area contributed by atoms with Gasteiger partial charge in [0.2, 0.25) is 0 Å². The van der Waals surface area contributed by atoms with Gasteiger partial charge in [-0.25, -0.2) is 0 Å². The third kappa shape index (κ3) is 5.18. The van der Waals surface area contributed by atoms with E-state index in [2.05, 4.69) is 35.2 Å². The summed E-state index contributed by atoms with van der Waals surface area (Å²) in [4.78, 5) is 2.49. The van der Waals surface area contributed by atoms with Crippen molar-refractivity contribution in [2.45, 2.75) is 52.6 Å². The number of aryl methyl sites for hydroxylation is 1. The van der Waals surface area contributed by atoms with Crippen molar-refractivity contribution in [2.75, 3.05) is 26.2 Å². The Morgan fingerprint density at radius 2 is 1.65 bits per heavy atom. The lowest BCUT2D eigenvalue weighted by Gasteiger charge is -2.29.